The molecule has 0 radical (unpaired) electrons. The number of hydrogen-bond acceptors (Lipinski definition) is 5. The molecule has 0 bridgehead atoms. The van der Waals surface area contributed by atoms with Crippen LogP contribution >= 0.6 is 0 Å². The number of aromatic nitrogens is 1. The van der Waals surface area contributed by atoms with Gasteiger partial charge in [-0.25, -0.2) is 0 Å². The number of nitrogens with zero attached hydrogens (tertiary/aromatic N) is 3. The second-order valence-corrected chi connectivity index (χ2v) is 6.38. The maximum atomic E-state index is 12.5. The molecule has 6 heteroatoms. The average molecular weight is 350 g/mol. The maximum absolute atomic E-state index is 12.5. The van der Waals surface area contributed by atoms with E-state index in [1.807, 2.05) is 42.5 Å². The predicted octanol–water partition coefficient (Wildman–Crippen LogP) is 2.04. The van der Waals surface area contributed by atoms with Crippen molar-refractivity contribution < 1.29 is 9.53 Å². The number of hydrogen-bond donors (Lipinski definition) is 1. The van der Waals surface area contributed by atoms with Crippen molar-refractivity contribution in [3.63, 3.8) is 0 Å². The van der Waals surface area contributed by atoms with E-state index in [0.29, 0.717) is 19.6 Å². The Morgan fingerprint density at radius 2 is 2.15 bits per heavy atom. The molecule has 0 spiro atoms. The molecule has 1 fully saturated rings. The number of nitriles is 1. The Labute approximate surface area is 153 Å². The molecular weight excluding hydrogens is 328 g/mol. The fraction of sp³-hybridized carbons (Fsp3) is 0.350. The smallest absolute Gasteiger partial charge is 0.240 e. The number of amides is 1. The van der Waals surface area contributed by atoms with E-state index in [1.165, 1.54) is 0 Å². The number of likely N-dealkylation sites (tertiary alicyclic amines) is 1. The standard InChI is InChI=1S/C20H22N4O2/c21-13-17-5-3-11-24(17)20(25)19(22)12-15-6-8-18(9-7-15)26-14-16-4-1-2-10-23-16/h1-2,4,6-10,17,19H,3,5,11-12,14,22H2/t17?,19-/m0/s1. The Hall–Kier alpha value is -2.91. The summed E-state index contributed by atoms with van der Waals surface area (Å²) in [4.78, 5) is 18.3. The number of rotatable bonds is 6. The zero-order valence-electron chi connectivity index (χ0n) is 14.5. The second kappa shape index (κ2) is 8.45. The Kier molecular flexibility index (Phi) is 5.82. The molecule has 1 aromatic heterocycles. The van der Waals surface area contributed by atoms with E-state index >= 15 is 0 Å². The van der Waals surface area contributed by atoms with Crippen LogP contribution in [0.4, 0.5) is 0 Å². The van der Waals surface area contributed by atoms with Crippen LogP contribution in [-0.4, -0.2) is 34.4 Å². The van der Waals surface area contributed by atoms with E-state index in [2.05, 4.69) is 11.1 Å². The molecule has 0 aliphatic carbocycles. The number of ether oxygens (including phenoxy) is 1. The van der Waals surface area contributed by atoms with Gasteiger partial charge < -0.3 is 15.4 Å². The predicted molar refractivity (Wildman–Crippen MR) is 97.0 cm³/mol. The van der Waals surface area contributed by atoms with Crippen molar-refractivity contribution in [3.8, 4) is 11.8 Å². The number of carbonyl (C=O) groups excluding carboxylic acids is 1. The summed E-state index contributed by atoms with van der Waals surface area (Å²) in [6, 6.07) is 14.4. The molecule has 2 N–H and O–H groups in total. The monoisotopic (exact) mass is 350 g/mol. The van der Waals surface area contributed by atoms with Crippen molar-refractivity contribution >= 4 is 5.91 Å². The molecule has 2 atom stereocenters. The molecule has 2 aromatic rings. The molecule has 1 unspecified atom stereocenters. The lowest BCUT2D eigenvalue weighted by Gasteiger charge is -2.23. The molecule has 134 valence electrons. The van der Waals surface area contributed by atoms with Crippen molar-refractivity contribution in [2.75, 3.05) is 6.54 Å². The van der Waals surface area contributed by atoms with Crippen molar-refractivity contribution in [1.29, 1.82) is 5.26 Å². The lowest BCUT2D eigenvalue weighted by atomic mass is 10.1. The minimum absolute atomic E-state index is 0.149. The Morgan fingerprint density at radius 3 is 2.85 bits per heavy atom. The van der Waals surface area contributed by atoms with E-state index < -0.39 is 6.04 Å². The first kappa shape index (κ1) is 17.9. The Bertz CT molecular complexity index is 771. The van der Waals surface area contributed by atoms with Crippen molar-refractivity contribution in [3.05, 3.63) is 59.9 Å². The third kappa shape index (κ3) is 4.38. The normalized spacial score (nSPS) is 17.5. The molecule has 1 saturated heterocycles. The molecule has 1 aromatic carbocycles. The van der Waals surface area contributed by atoms with Gasteiger partial charge in [-0.3, -0.25) is 9.78 Å². The fourth-order valence-electron chi connectivity index (χ4n) is 3.08. The first-order chi connectivity index (χ1) is 12.7. The highest BCUT2D eigenvalue weighted by molar-refractivity contribution is 5.82. The number of carbonyl (C=O) groups is 1. The average Bonchev–Trinajstić information content (AvgIpc) is 3.16. The highest BCUT2D eigenvalue weighted by atomic mass is 16.5. The van der Waals surface area contributed by atoms with Gasteiger partial charge in [0.15, 0.2) is 0 Å². The fourth-order valence-corrected chi connectivity index (χ4v) is 3.08. The molecule has 3 rings (SSSR count). The largest absolute Gasteiger partial charge is 0.487 e. The molecular formula is C20H22N4O2. The number of benzene rings is 1. The van der Waals surface area contributed by atoms with Gasteiger partial charge in [-0.2, -0.15) is 5.26 Å². The molecule has 6 nitrogen and oxygen atoms in total. The van der Waals surface area contributed by atoms with Gasteiger partial charge in [0.25, 0.3) is 0 Å². The minimum atomic E-state index is -0.635. The van der Waals surface area contributed by atoms with Crippen LogP contribution in [0.1, 0.15) is 24.1 Å². The number of pyridine rings is 1. The summed E-state index contributed by atoms with van der Waals surface area (Å²) in [5.41, 5.74) is 7.90. The zero-order valence-corrected chi connectivity index (χ0v) is 14.5. The van der Waals surface area contributed by atoms with Crippen molar-refractivity contribution in [2.45, 2.75) is 38.0 Å². The minimum Gasteiger partial charge on any atom is -0.487 e. The summed E-state index contributed by atoms with van der Waals surface area (Å²) < 4.78 is 5.70. The van der Waals surface area contributed by atoms with Gasteiger partial charge in [0.2, 0.25) is 5.91 Å². The van der Waals surface area contributed by atoms with Crippen LogP contribution in [0.15, 0.2) is 48.7 Å². The molecule has 0 saturated carbocycles. The summed E-state index contributed by atoms with van der Waals surface area (Å²) in [7, 11) is 0. The van der Waals surface area contributed by atoms with Gasteiger partial charge in [-0.05, 0) is 49.1 Å². The van der Waals surface area contributed by atoms with Crippen LogP contribution in [0.2, 0.25) is 0 Å². The SMILES string of the molecule is N#CC1CCCN1C(=O)[C@@H](N)Cc1ccc(OCc2ccccn2)cc1. The summed E-state index contributed by atoms with van der Waals surface area (Å²) in [6.45, 7) is 1.02. The quantitative estimate of drug-likeness (QED) is 0.861. The Morgan fingerprint density at radius 1 is 1.35 bits per heavy atom. The summed E-state index contributed by atoms with van der Waals surface area (Å²) in [5, 5.41) is 9.12. The van der Waals surface area contributed by atoms with Gasteiger partial charge in [0, 0.05) is 12.7 Å². The van der Waals surface area contributed by atoms with Gasteiger partial charge in [0.05, 0.1) is 17.8 Å². The molecule has 1 amide bonds. The summed E-state index contributed by atoms with van der Waals surface area (Å²) in [6.07, 6.45) is 3.77. The topological polar surface area (TPSA) is 92.2 Å². The van der Waals surface area contributed by atoms with Crippen LogP contribution in [0.5, 0.6) is 5.75 Å². The first-order valence-corrected chi connectivity index (χ1v) is 8.74. The van der Waals surface area contributed by atoms with Gasteiger partial charge >= 0.3 is 0 Å². The lowest BCUT2D eigenvalue weighted by molar-refractivity contribution is -0.132. The molecule has 2 heterocycles. The zero-order chi connectivity index (χ0) is 18.4. The molecule has 1 aliphatic rings. The first-order valence-electron chi connectivity index (χ1n) is 8.74. The van der Waals surface area contributed by atoms with Crippen LogP contribution in [0, 0.1) is 11.3 Å². The summed E-state index contributed by atoms with van der Waals surface area (Å²) in [5.74, 6) is 0.591. The second-order valence-electron chi connectivity index (χ2n) is 6.38. The van der Waals surface area contributed by atoms with Crippen LogP contribution in [0.3, 0.4) is 0 Å². The molecule has 26 heavy (non-hydrogen) atoms. The van der Waals surface area contributed by atoms with E-state index in [4.69, 9.17) is 15.7 Å². The Balaban J connectivity index is 1.53. The van der Waals surface area contributed by atoms with E-state index in [0.717, 1.165) is 29.8 Å². The van der Waals surface area contributed by atoms with Gasteiger partial charge in [0.1, 0.15) is 18.4 Å². The third-order valence-corrected chi connectivity index (χ3v) is 4.49. The molecule has 1 aliphatic heterocycles. The number of nitrogens with two attached hydrogens (primary N) is 1. The van der Waals surface area contributed by atoms with Gasteiger partial charge in [-0.1, -0.05) is 18.2 Å². The van der Waals surface area contributed by atoms with Crippen molar-refractivity contribution in [1.82, 2.24) is 9.88 Å². The third-order valence-electron chi connectivity index (χ3n) is 4.49. The van der Waals surface area contributed by atoms with Crippen LogP contribution < -0.4 is 10.5 Å². The highest BCUT2D eigenvalue weighted by Gasteiger charge is 2.31. The lowest BCUT2D eigenvalue weighted by Crippen LogP contribution is -2.46. The maximum Gasteiger partial charge on any atom is 0.240 e. The van der Waals surface area contributed by atoms with E-state index in [-0.39, 0.29) is 11.9 Å². The highest BCUT2D eigenvalue weighted by Crippen LogP contribution is 2.19. The van der Waals surface area contributed by atoms with Crippen LogP contribution in [0.25, 0.3) is 0 Å². The van der Waals surface area contributed by atoms with E-state index in [1.54, 1.807) is 11.1 Å². The van der Waals surface area contributed by atoms with Crippen LogP contribution in [-0.2, 0) is 17.8 Å². The summed E-state index contributed by atoms with van der Waals surface area (Å²) >= 11 is 0. The van der Waals surface area contributed by atoms with Crippen molar-refractivity contribution in [2.24, 2.45) is 5.73 Å². The van der Waals surface area contributed by atoms with E-state index in [9.17, 15) is 4.79 Å². The van der Waals surface area contributed by atoms with Gasteiger partial charge in [-0.15, -0.1) is 0 Å².